The number of amides is 4. The second kappa shape index (κ2) is 8.90. The van der Waals surface area contributed by atoms with Gasteiger partial charge in [-0.2, -0.15) is 0 Å². The number of carbonyl (C=O) groups is 3. The highest BCUT2D eigenvalue weighted by Crippen LogP contribution is 2.18. The first-order valence-corrected chi connectivity index (χ1v) is 8.51. The number of hydrogen-bond donors (Lipinski definition) is 2. The summed E-state index contributed by atoms with van der Waals surface area (Å²) in [5.41, 5.74) is 1.26. The predicted molar refractivity (Wildman–Crippen MR) is 99.4 cm³/mol. The van der Waals surface area contributed by atoms with Gasteiger partial charge in [-0.3, -0.25) is 9.59 Å². The van der Waals surface area contributed by atoms with Gasteiger partial charge in [-0.1, -0.05) is 12.0 Å². The molecule has 0 saturated carbocycles. The van der Waals surface area contributed by atoms with Crippen molar-refractivity contribution in [2.75, 3.05) is 39.0 Å². The minimum atomic E-state index is -0.312. The Morgan fingerprint density at radius 2 is 1.96 bits per heavy atom. The van der Waals surface area contributed by atoms with E-state index in [4.69, 9.17) is 6.42 Å². The van der Waals surface area contributed by atoms with Crippen molar-refractivity contribution in [1.29, 1.82) is 0 Å². The van der Waals surface area contributed by atoms with Crippen LogP contribution in [0.25, 0.3) is 0 Å². The molecule has 1 aliphatic heterocycles. The average molecular weight is 356 g/mol. The molecule has 0 radical (unpaired) electrons. The van der Waals surface area contributed by atoms with Crippen LogP contribution in [0.4, 0.5) is 10.5 Å². The molecule has 1 aromatic carbocycles. The summed E-state index contributed by atoms with van der Waals surface area (Å²) in [7, 11) is 3.41. The molecule has 0 aliphatic carbocycles. The van der Waals surface area contributed by atoms with E-state index in [-0.39, 0.29) is 30.3 Å². The van der Waals surface area contributed by atoms with Crippen LogP contribution < -0.4 is 10.6 Å². The minimum absolute atomic E-state index is 0.0440. The molecule has 0 spiro atoms. The average Bonchev–Trinajstić information content (AvgIpc) is 2.65. The summed E-state index contributed by atoms with van der Waals surface area (Å²) in [6.07, 6.45) is 6.52. The van der Waals surface area contributed by atoms with Crippen LogP contribution in [0.2, 0.25) is 0 Å². The topological polar surface area (TPSA) is 81.8 Å². The lowest BCUT2D eigenvalue weighted by atomic mass is 9.96. The summed E-state index contributed by atoms with van der Waals surface area (Å²) >= 11 is 0. The Balaban J connectivity index is 1.76. The second-order valence-corrected chi connectivity index (χ2v) is 6.43. The van der Waals surface area contributed by atoms with Gasteiger partial charge in [0.25, 0.3) is 0 Å². The van der Waals surface area contributed by atoms with Crippen molar-refractivity contribution in [1.82, 2.24) is 15.1 Å². The molecule has 0 bridgehead atoms. The van der Waals surface area contributed by atoms with Crippen LogP contribution in [-0.4, -0.2) is 61.4 Å². The number of piperidine rings is 1. The zero-order chi connectivity index (χ0) is 19.1. The van der Waals surface area contributed by atoms with E-state index in [1.165, 1.54) is 4.90 Å². The molecule has 2 N–H and O–H groups in total. The third-order valence-corrected chi connectivity index (χ3v) is 4.26. The summed E-state index contributed by atoms with van der Waals surface area (Å²) < 4.78 is 0. The molecule has 7 nitrogen and oxygen atoms in total. The number of nitrogens with zero attached hydrogens (tertiary/aromatic N) is 2. The molecule has 7 heteroatoms. The van der Waals surface area contributed by atoms with Gasteiger partial charge in [-0.25, -0.2) is 4.79 Å². The first-order chi connectivity index (χ1) is 12.4. The number of likely N-dealkylation sites (tertiary alicyclic amines) is 1. The van der Waals surface area contributed by atoms with E-state index in [2.05, 4.69) is 16.6 Å². The molecule has 1 heterocycles. The second-order valence-electron chi connectivity index (χ2n) is 6.43. The van der Waals surface area contributed by atoms with Gasteiger partial charge in [0.1, 0.15) is 0 Å². The molecular formula is C19H24N4O3. The molecule has 2 rings (SSSR count). The Hall–Kier alpha value is -3.01. The normalized spacial score (nSPS) is 14.3. The minimum Gasteiger partial charge on any atom is -0.347 e. The van der Waals surface area contributed by atoms with Crippen LogP contribution in [0.1, 0.15) is 18.4 Å². The number of nitrogens with one attached hydrogen (secondary N) is 2. The maximum atomic E-state index is 12.2. The fourth-order valence-electron chi connectivity index (χ4n) is 2.82. The standard InChI is InChI=1S/C19H24N4O3/c1-4-14-6-5-7-16(12-14)21-17(24)13-20-18(25)15-8-10-23(11-9-15)19(26)22(2)3/h1,5-7,12,15H,8-11,13H2,2-3H3,(H,20,25)(H,21,24). The van der Waals surface area contributed by atoms with Crippen molar-refractivity contribution in [3.05, 3.63) is 29.8 Å². The number of rotatable bonds is 4. The molecule has 1 fully saturated rings. The van der Waals surface area contributed by atoms with Gasteiger partial charge in [0.05, 0.1) is 6.54 Å². The molecule has 0 aromatic heterocycles. The first-order valence-electron chi connectivity index (χ1n) is 8.51. The lowest BCUT2D eigenvalue weighted by molar-refractivity contribution is -0.128. The van der Waals surface area contributed by atoms with Gasteiger partial charge >= 0.3 is 6.03 Å². The Morgan fingerprint density at radius 1 is 1.27 bits per heavy atom. The van der Waals surface area contributed by atoms with E-state index < -0.39 is 0 Å². The van der Waals surface area contributed by atoms with Crippen LogP contribution in [-0.2, 0) is 9.59 Å². The van der Waals surface area contributed by atoms with Gasteiger partial charge in [-0.15, -0.1) is 6.42 Å². The summed E-state index contributed by atoms with van der Waals surface area (Å²) in [5, 5.41) is 5.36. The molecular weight excluding hydrogens is 332 g/mol. The Bertz CT molecular complexity index is 716. The number of terminal acetylenes is 1. The van der Waals surface area contributed by atoms with Crippen LogP contribution in [0.3, 0.4) is 0 Å². The van der Waals surface area contributed by atoms with E-state index in [0.29, 0.717) is 37.2 Å². The van der Waals surface area contributed by atoms with E-state index in [9.17, 15) is 14.4 Å². The first kappa shape index (κ1) is 19.3. The van der Waals surface area contributed by atoms with Crippen molar-refractivity contribution < 1.29 is 14.4 Å². The number of urea groups is 1. The number of benzene rings is 1. The van der Waals surface area contributed by atoms with Crippen molar-refractivity contribution in [3.8, 4) is 12.3 Å². The molecule has 1 saturated heterocycles. The maximum Gasteiger partial charge on any atom is 0.319 e. The lowest BCUT2D eigenvalue weighted by Gasteiger charge is -2.33. The smallest absolute Gasteiger partial charge is 0.319 e. The van der Waals surface area contributed by atoms with Gasteiger partial charge in [0.2, 0.25) is 11.8 Å². The Morgan fingerprint density at radius 3 is 2.58 bits per heavy atom. The van der Waals surface area contributed by atoms with E-state index in [1.807, 2.05) is 0 Å². The largest absolute Gasteiger partial charge is 0.347 e. The highest BCUT2D eigenvalue weighted by Gasteiger charge is 2.28. The zero-order valence-electron chi connectivity index (χ0n) is 15.1. The van der Waals surface area contributed by atoms with Crippen LogP contribution in [0, 0.1) is 18.3 Å². The van der Waals surface area contributed by atoms with Crippen molar-refractivity contribution in [2.24, 2.45) is 5.92 Å². The molecule has 26 heavy (non-hydrogen) atoms. The highest BCUT2D eigenvalue weighted by atomic mass is 16.2. The molecule has 1 aliphatic rings. The third kappa shape index (κ3) is 5.24. The number of hydrogen-bond acceptors (Lipinski definition) is 3. The molecule has 4 amide bonds. The Kier molecular flexibility index (Phi) is 6.61. The number of carbonyl (C=O) groups excluding carboxylic acids is 3. The van der Waals surface area contributed by atoms with Crippen LogP contribution >= 0.6 is 0 Å². The summed E-state index contributed by atoms with van der Waals surface area (Å²) in [4.78, 5) is 39.4. The maximum absolute atomic E-state index is 12.2. The summed E-state index contributed by atoms with van der Waals surface area (Å²) in [5.74, 6) is 1.85. The van der Waals surface area contributed by atoms with Crippen molar-refractivity contribution >= 4 is 23.5 Å². The van der Waals surface area contributed by atoms with Crippen molar-refractivity contribution in [3.63, 3.8) is 0 Å². The number of anilines is 1. The zero-order valence-corrected chi connectivity index (χ0v) is 15.1. The SMILES string of the molecule is C#Cc1cccc(NC(=O)CNC(=O)C2CCN(C(=O)N(C)C)CC2)c1. The Labute approximate surface area is 153 Å². The summed E-state index contributed by atoms with van der Waals surface area (Å²) in [6.45, 7) is 0.982. The van der Waals surface area contributed by atoms with Gasteiger partial charge in [-0.05, 0) is 31.0 Å². The summed E-state index contributed by atoms with van der Waals surface area (Å²) in [6, 6.07) is 6.91. The highest BCUT2D eigenvalue weighted by molar-refractivity contribution is 5.95. The van der Waals surface area contributed by atoms with Gasteiger partial charge in [0.15, 0.2) is 0 Å². The van der Waals surface area contributed by atoms with E-state index in [0.717, 1.165) is 0 Å². The van der Waals surface area contributed by atoms with E-state index in [1.54, 1.807) is 43.3 Å². The van der Waals surface area contributed by atoms with Crippen LogP contribution in [0.5, 0.6) is 0 Å². The third-order valence-electron chi connectivity index (χ3n) is 4.26. The fraction of sp³-hybridized carbons (Fsp3) is 0.421. The monoisotopic (exact) mass is 356 g/mol. The predicted octanol–water partition coefficient (Wildman–Crippen LogP) is 1.12. The van der Waals surface area contributed by atoms with E-state index >= 15 is 0 Å². The molecule has 1 aromatic rings. The molecule has 0 atom stereocenters. The van der Waals surface area contributed by atoms with Crippen molar-refractivity contribution in [2.45, 2.75) is 12.8 Å². The van der Waals surface area contributed by atoms with Gasteiger partial charge < -0.3 is 20.4 Å². The lowest BCUT2D eigenvalue weighted by Crippen LogP contribution is -2.47. The fourth-order valence-corrected chi connectivity index (χ4v) is 2.82. The van der Waals surface area contributed by atoms with Gasteiger partial charge in [0, 0.05) is 44.4 Å². The quantitative estimate of drug-likeness (QED) is 0.793. The van der Waals surface area contributed by atoms with Crippen LogP contribution in [0.15, 0.2) is 24.3 Å². The molecule has 0 unspecified atom stereocenters. The molecule has 138 valence electrons.